The first-order valence-electron chi connectivity index (χ1n) is 1.11. The van der Waals surface area contributed by atoms with Gasteiger partial charge >= 0.3 is 0 Å². The molecule has 0 aliphatic rings. The Morgan fingerprint density at radius 3 is 1.10 bits per heavy atom. The molecule has 1 radical (unpaired) electrons. The van der Waals surface area contributed by atoms with Gasteiger partial charge in [-0.15, -0.1) is 10.1 Å². The van der Waals surface area contributed by atoms with Crippen molar-refractivity contribution in [3.63, 3.8) is 0 Å². The van der Waals surface area contributed by atoms with Crippen LogP contribution in [-0.2, 0) is 17.1 Å². The van der Waals surface area contributed by atoms with E-state index in [2.05, 4.69) is 0 Å². The van der Waals surface area contributed by atoms with E-state index in [-0.39, 0.29) is 23.2 Å². The standard InChI is InChI=1S/Cu.HNO3.NO3.H3N/c;2*2-1(3)4;/h;(H,2,3,4);;1H3/q;;-1;. The van der Waals surface area contributed by atoms with Gasteiger partial charge in [0.2, 0.25) is 0 Å². The van der Waals surface area contributed by atoms with Gasteiger partial charge in [0.25, 0.3) is 5.09 Å². The van der Waals surface area contributed by atoms with Crippen LogP contribution in [0.15, 0.2) is 0 Å². The predicted molar refractivity (Wildman–Crippen MR) is 24.2 cm³/mol. The van der Waals surface area contributed by atoms with Crippen LogP contribution in [0.25, 0.3) is 0 Å². The van der Waals surface area contributed by atoms with E-state index in [0.29, 0.717) is 0 Å². The second kappa shape index (κ2) is 15.7. The van der Waals surface area contributed by atoms with Crippen LogP contribution in [-0.4, -0.2) is 15.4 Å². The Labute approximate surface area is 64.9 Å². The Kier molecular flexibility index (Phi) is 36.3. The van der Waals surface area contributed by atoms with E-state index in [0.717, 1.165) is 0 Å². The molecule has 0 aliphatic heterocycles. The molecular formula is H4CuN3O6-. The second-order valence-corrected chi connectivity index (χ2v) is 0.461. The third-order valence-corrected chi connectivity index (χ3v) is 0. The molecule has 0 aromatic heterocycles. The van der Waals surface area contributed by atoms with Crippen molar-refractivity contribution in [1.82, 2.24) is 6.15 Å². The molecule has 0 aliphatic carbocycles. The molecule has 0 fully saturated rings. The number of hydrogen-bond acceptors (Lipinski definition) is 6. The zero-order valence-corrected chi connectivity index (χ0v) is 5.33. The van der Waals surface area contributed by atoms with Gasteiger partial charge in [0, 0.05) is 17.1 Å². The molecule has 0 bridgehead atoms. The third kappa shape index (κ3) is 189. The van der Waals surface area contributed by atoms with Gasteiger partial charge in [-0.25, -0.2) is 0 Å². The van der Waals surface area contributed by atoms with E-state index in [9.17, 15) is 0 Å². The monoisotopic (exact) mass is 205 g/mol. The summed E-state index contributed by atoms with van der Waals surface area (Å²) in [7, 11) is 0. The quantitative estimate of drug-likeness (QED) is 0.307. The first-order valence-corrected chi connectivity index (χ1v) is 1.11. The molecule has 0 rings (SSSR count). The van der Waals surface area contributed by atoms with Gasteiger partial charge in [0.15, 0.2) is 0 Å². The Morgan fingerprint density at radius 1 is 1.10 bits per heavy atom. The number of nitrogens with zero attached hydrogens (tertiary/aromatic N) is 2. The Hall–Kier alpha value is -1.12. The summed E-state index contributed by atoms with van der Waals surface area (Å²) in [4.78, 5) is 16.6. The van der Waals surface area contributed by atoms with Crippen LogP contribution in [0.4, 0.5) is 0 Å². The zero-order valence-electron chi connectivity index (χ0n) is 4.39. The SMILES string of the molecule is N.O=[N+]([O-])O.O=[N+]([O-])[O-].[Cu]. The van der Waals surface area contributed by atoms with Gasteiger partial charge in [0.1, 0.15) is 0 Å². The minimum atomic E-state index is -1.75. The van der Waals surface area contributed by atoms with Gasteiger partial charge in [-0.2, -0.15) is 0 Å². The molecule has 0 aromatic carbocycles. The Balaban J connectivity index is -0.0000000300. The van der Waals surface area contributed by atoms with Crippen LogP contribution in [0, 0.1) is 25.4 Å². The first kappa shape index (κ1) is 23.2. The predicted octanol–water partition coefficient (Wildman–Crippen LogP) is -0.427. The van der Waals surface area contributed by atoms with Crippen molar-refractivity contribution in [3.05, 3.63) is 25.4 Å². The minimum Gasteiger partial charge on any atom is -0.356 e. The van der Waals surface area contributed by atoms with Gasteiger partial charge in [-0.1, -0.05) is 0 Å². The molecule has 0 atom stereocenters. The Morgan fingerprint density at radius 2 is 1.10 bits per heavy atom. The summed E-state index contributed by atoms with van der Waals surface area (Å²) in [5.74, 6) is 0. The van der Waals surface area contributed by atoms with Crippen molar-refractivity contribution in [2.45, 2.75) is 0 Å². The molecule has 9 nitrogen and oxygen atoms in total. The first-order chi connectivity index (χ1) is 3.46. The summed E-state index contributed by atoms with van der Waals surface area (Å²) in [6.07, 6.45) is 0. The van der Waals surface area contributed by atoms with Crippen LogP contribution in [0.3, 0.4) is 0 Å². The van der Waals surface area contributed by atoms with Crippen molar-refractivity contribution in [2.24, 2.45) is 0 Å². The van der Waals surface area contributed by atoms with Gasteiger partial charge in [0.05, 0.1) is 5.09 Å². The number of rotatable bonds is 0. The maximum Gasteiger partial charge on any atom is 0.291 e. The van der Waals surface area contributed by atoms with E-state index in [1.54, 1.807) is 0 Å². The molecule has 0 saturated heterocycles. The Bertz CT molecular complexity index is 71.0. The van der Waals surface area contributed by atoms with Crippen molar-refractivity contribution >= 4 is 0 Å². The van der Waals surface area contributed by atoms with Crippen molar-refractivity contribution in [2.75, 3.05) is 0 Å². The summed E-state index contributed by atoms with van der Waals surface area (Å²) < 4.78 is 0. The summed E-state index contributed by atoms with van der Waals surface area (Å²) in [5, 5.41) is 28.4. The van der Waals surface area contributed by atoms with Crippen LogP contribution >= 0.6 is 0 Å². The van der Waals surface area contributed by atoms with Gasteiger partial charge in [-0.3, -0.25) is 0 Å². The van der Waals surface area contributed by atoms with Crippen molar-refractivity contribution in [3.8, 4) is 0 Å². The molecule has 0 unspecified atom stereocenters. The summed E-state index contributed by atoms with van der Waals surface area (Å²) in [6.45, 7) is 0. The summed E-state index contributed by atoms with van der Waals surface area (Å²) in [6, 6.07) is 0. The minimum absolute atomic E-state index is 0. The van der Waals surface area contributed by atoms with E-state index in [1.807, 2.05) is 0 Å². The average molecular weight is 206 g/mol. The molecular weight excluding hydrogens is 202 g/mol. The molecule has 10 heteroatoms. The van der Waals surface area contributed by atoms with E-state index in [1.165, 1.54) is 0 Å². The molecule has 0 spiro atoms. The maximum absolute atomic E-state index is 8.36. The van der Waals surface area contributed by atoms with Gasteiger partial charge in [-0.05, 0) is 0 Å². The molecule has 0 saturated carbocycles. The van der Waals surface area contributed by atoms with E-state index >= 15 is 0 Å². The molecule has 0 amide bonds. The molecule has 10 heavy (non-hydrogen) atoms. The second-order valence-electron chi connectivity index (χ2n) is 0.461. The van der Waals surface area contributed by atoms with Crippen LogP contribution < -0.4 is 6.15 Å². The third-order valence-electron chi connectivity index (χ3n) is 0. The summed E-state index contributed by atoms with van der Waals surface area (Å²) >= 11 is 0. The molecule has 67 valence electrons. The molecule has 0 heterocycles. The largest absolute Gasteiger partial charge is 0.356 e. The fraction of sp³-hybridized carbons (Fsp3) is 0. The van der Waals surface area contributed by atoms with E-state index < -0.39 is 10.2 Å². The summed E-state index contributed by atoms with van der Waals surface area (Å²) in [5.41, 5.74) is 0. The smallest absolute Gasteiger partial charge is 0.291 e. The van der Waals surface area contributed by atoms with Gasteiger partial charge < -0.3 is 26.7 Å². The van der Waals surface area contributed by atoms with Crippen molar-refractivity contribution < 1.29 is 32.4 Å². The van der Waals surface area contributed by atoms with Crippen molar-refractivity contribution in [1.29, 1.82) is 0 Å². The normalized spacial score (nSPS) is 4.80. The average Bonchev–Trinajstić information content (AvgIpc) is 1.25. The topological polar surface area (TPSA) is 165 Å². The fourth-order valence-electron chi connectivity index (χ4n) is 0. The van der Waals surface area contributed by atoms with E-state index in [4.69, 9.17) is 30.6 Å². The molecule has 4 N–H and O–H groups in total. The van der Waals surface area contributed by atoms with Crippen LogP contribution in [0.1, 0.15) is 0 Å². The number of hydrogen-bond donors (Lipinski definition) is 2. The van der Waals surface area contributed by atoms with Crippen LogP contribution in [0.2, 0.25) is 0 Å². The molecule has 0 aromatic rings. The fourth-order valence-corrected chi connectivity index (χ4v) is 0. The zero-order chi connectivity index (χ0) is 7.15. The van der Waals surface area contributed by atoms with Crippen LogP contribution in [0.5, 0.6) is 0 Å². The maximum atomic E-state index is 8.36.